The van der Waals surface area contributed by atoms with Crippen LogP contribution in [-0.4, -0.2) is 32.4 Å². The third-order valence-electron chi connectivity index (χ3n) is 5.22. The summed E-state index contributed by atoms with van der Waals surface area (Å²) in [7, 11) is -2.76. The van der Waals surface area contributed by atoms with E-state index in [4.69, 9.17) is 8.92 Å². The topological polar surface area (TPSA) is 72.9 Å². The number of carbonyl (C=O) groups excluding carboxylic acids is 1. The van der Waals surface area contributed by atoms with E-state index < -0.39 is 15.9 Å². The van der Waals surface area contributed by atoms with Gasteiger partial charge in [0.1, 0.15) is 10.7 Å². The summed E-state index contributed by atoms with van der Waals surface area (Å²) in [6.07, 6.45) is 2.65. The average molecular weight is 436 g/mol. The highest BCUT2D eigenvalue weighted by molar-refractivity contribution is 7.87. The third kappa shape index (κ3) is 5.11. The molecule has 0 N–H and O–H groups in total. The van der Waals surface area contributed by atoms with Crippen LogP contribution in [0.5, 0.6) is 11.5 Å². The Morgan fingerprint density at radius 1 is 1.17 bits per heavy atom. The van der Waals surface area contributed by atoms with Crippen LogP contribution in [0.4, 0.5) is 4.39 Å². The molecule has 1 unspecified atom stereocenters. The molecule has 0 aliphatic heterocycles. The van der Waals surface area contributed by atoms with E-state index in [0.29, 0.717) is 6.54 Å². The number of nitrogens with zero attached hydrogens (tertiary/aromatic N) is 1. The molecule has 1 aliphatic carbocycles. The molecular weight excluding hydrogens is 409 g/mol. The average Bonchev–Trinajstić information content (AvgIpc) is 3.56. The van der Waals surface area contributed by atoms with Crippen molar-refractivity contribution in [2.24, 2.45) is 5.92 Å². The Labute approximate surface area is 176 Å². The van der Waals surface area contributed by atoms with Gasteiger partial charge in [-0.2, -0.15) is 8.42 Å². The molecule has 0 heterocycles. The van der Waals surface area contributed by atoms with Crippen molar-refractivity contribution >= 4 is 16.0 Å². The van der Waals surface area contributed by atoms with E-state index in [0.717, 1.165) is 49.1 Å². The van der Waals surface area contributed by atoms with E-state index in [9.17, 15) is 17.6 Å². The molecule has 2 aromatic rings. The fourth-order valence-corrected chi connectivity index (χ4v) is 4.02. The van der Waals surface area contributed by atoms with Crippen LogP contribution in [0.3, 0.4) is 0 Å². The molecule has 1 aliphatic rings. The highest BCUT2D eigenvalue weighted by Crippen LogP contribution is 2.34. The summed E-state index contributed by atoms with van der Waals surface area (Å²) in [5.41, 5.74) is 0.731. The summed E-state index contributed by atoms with van der Waals surface area (Å²) < 4.78 is 48.9. The van der Waals surface area contributed by atoms with Crippen LogP contribution >= 0.6 is 0 Å². The van der Waals surface area contributed by atoms with Crippen LogP contribution in [0.15, 0.2) is 47.4 Å². The molecule has 1 amide bonds. The first kappa shape index (κ1) is 22.1. The molecule has 162 valence electrons. The van der Waals surface area contributed by atoms with Crippen molar-refractivity contribution in [2.45, 2.75) is 50.6 Å². The van der Waals surface area contributed by atoms with Gasteiger partial charge in [0.2, 0.25) is 5.91 Å². The van der Waals surface area contributed by atoms with Gasteiger partial charge in [-0.05, 0) is 68.1 Å². The van der Waals surface area contributed by atoms with Crippen LogP contribution in [-0.2, 0) is 21.5 Å². The zero-order valence-corrected chi connectivity index (χ0v) is 18.1. The van der Waals surface area contributed by atoms with Gasteiger partial charge in [-0.1, -0.05) is 13.0 Å². The molecule has 0 radical (unpaired) electrons. The number of halogens is 1. The SMILES string of the molecule is CCC(C)N(Cc1ccc(OC)c(OS(=O)(=O)c2ccc(F)cc2)c1)C(=O)C1CC1. The highest BCUT2D eigenvalue weighted by Gasteiger charge is 2.35. The Hall–Kier alpha value is -2.61. The first-order chi connectivity index (χ1) is 14.2. The lowest BCUT2D eigenvalue weighted by atomic mass is 10.1. The summed E-state index contributed by atoms with van der Waals surface area (Å²) in [4.78, 5) is 14.4. The van der Waals surface area contributed by atoms with Gasteiger partial charge in [-0.25, -0.2) is 4.39 Å². The number of hydrogen-bond acceptors (Lipinski definition) is 5. The number of amides is 1. The summed E-state index contributed by atoms with van der Waals surface area (Å²) >= 11 is 0. The molecule has 1 saturated carbocycles. The van der Waals surface area contributed by atoms with Crippen molar-refractivity contribution in [1.82, 2.24) is 4.90 Å². The lowest BCUT2D eigenvalue weighted by Crippen LogP contribution is -2.38. The quantitative estimate of drug-likeness (QED) is 0.554. The van der Waals surface area contributed by atoms with Crippen LogP contribution in [0.1, 0.15) is 38.7 Å². The molecule has 30 heavy (non-hydrogen) atoms. The number of hydrogen-bond donors (Lipinski definition) is 0. The lowest BCUT2D eigenvalue weighted by molar-refractivity contribution is -0.135. The Morgan fingerprint density at radius 2 is 1.83 bits per heavy atom. The summed E-state index contributed by atoms with van der Waals surface area (Å²) in [5.74, 6) is -0.0669. The fraction of sp³-hybridized carbons (Fsp3) is 0.409. The van der Waals surface area contributed by atoms with Gasteiger partial charge < -0.3 is 13.8 Å². The van der Waals surface area contributed by atoms with Crippen molar-refractivity contribution in [3.8, 4) is 11.5 Å². The number of methoxy groups -OCH3 is 1. The van der Waals surface area contributed by atoms with E-state index in [2.05, 4.69) is 0 Å². The van der Waals surface area contributed by atoms with Gasteiger partial charge in [0.05, 0.1) is 7.11 Å². The van der Waals surface area contributed by atoms with Crippen LogP contribution in [0.2, 0.25) is 0 Å². The van der Waals surface area contributed by atoms with Crippen LogP contribution in [0, 0.1) is 11.7 Å². The summed E-state index contributed by atoms with van der Waals surface area (Å²) in [5, 5.41) is 0. The van der Waals surface area contributed by atoms with Gasteiger partial charge in [0.25, 0.3) is 0 Å². The second kappa shape index (κ2) is 9.04. The first-order valence-electron chi connectivity index (χ1n) is 9.92. The van der Waals surface area contributed by atoms with Gasteiger partial charge in [0.15, 0.2) is 11.5 Å². The van der Waals surface area contributed by atoms with E-state index in [1.54, 1.807) is 18.2 Å². The van der Waals surface area contributed by atoms with E-state index in [-0.39, 0.29) is 34.3 Å². The molecule has 0 aromatic heterocycles. The lowest BCUT2D eigenvalue weighted by Gasteiger charge is -2.29. The highest BCUT2D eigenvalue weighted by atomic mass is 32.2. The van der Waals surface area contributed by atoms with E-state index in [1.165, 1.54) is 7.11 Å². The Morgan fingerprint density at radius 3 is 2.40 bits per heavy atom. The molecule has 3 rings (SSSR count). The predicted octanol–water partition coefficient (Wildman–Crippen LogP) is 4.14. The normalized spacial score (nSPS) is 14.8. The largest absolute Gasteiger partial charge is 0.493 e. The van der Waals surface area contributed by atoms with Crippen molar-refractivity contribution in [2.75, 3.05) is 7.11 Å². The number of rotatable bonds is 9. The predicted molar refractivity (Wildman–Crippen MR) is 110 cm³/mol. The fourth-order valence-electron chi connectivity index (χ4n) is 3.09. The van der Waals surface area contributed by atoms with Crippen LogP contribution < -0.4 is 8.92 Å². The van der Waals surface area contributed by atoms with E-state index in [1.807, 2.05) is 18.7 Å². The zero-order chi connectivity index (χ0) is 21.9. The number of carbonyl (C=O) groups is 1. The molecule has 0 saturated heterocycles. The van der Waals surface area contributed by atoms with E-state index >= 15 is 0 Å². The van der Waals surface area contributed by atoms with Gasteiger partial charge in [-0.15, -0.1) is 0 Å². The second-order valence-electron chi connectivity index (χ2n) is 7.47. The monoisotopic (exact) mass is 435 g/mol. The van der Waals surface area contributed by atoms with Gasteiger partial charge >= 0.3 is 10.1 Å². The molecule has 1 fully saturated rings. The Kier molecular flexibility index (Phi) is 6.65. The van der Waals surface area contributed by atoms with Crippen LogP contribution in [0.25, 0.3) is 0 Å². The Balaban J connectivity index is 1.87. The molecule has 0 bridgehead atoms. The number of ether oxygens (including phenoxy) is 1. The molecular formula is C22H26FNO5S. The van der Waals surface area contributed by atoms with Crippen molar-refractivity contribution in [3.05, 3.63) is 53.8 Å². The van der Waals surface area contributed by atoms with Gasteiger partial charge in [0, 0.05) is 18.5 Å². The van der Waals surface area contributed by atoms with Crippen molar-refractivity contribution in [1.29, 1.82) is 0 Å². The minimum atomic E-state index is -4.18. The van der Waals surface area contributed by atoms with Gasteiger partial charge in [-0.3, -0.25) is 4.79 Å². The molecule has 8 heteroatoms. The maximum atomic E-state index is 13.1. The molecule has 1 atom stereocenters. The molecule has 0 spiro atoms. The smallest absolute Gasteiger partial charge is 0.339 e. The first-order valence-corrected chi connectivity index (χ1v) is 11.3. The maximum absolute atomic E-state index is 13.1. The minimum Gasteiger partial charge on any atom is -0.493 e. The second-order valence-corrected chi connectivity index (χ2v) is 9.02. The Bertz CT molecular complexity index is 1000. The molecule has 6 nitrogen and oxygen atoms in total. The zero-order valence-electron chi connectivity index (χ0n) is 17.3. The van der Waals surface area contributed by atoms with Crippen molar-refractivity contribution in [3.63, 3.8) is 0 Å². The van der Waals surface area contributed by atoms with Crippen molar-refractivity contribution < 1.29 is 26.5 Å². The standard InChI is InChI=1S/C22H26FNO5S/c1-4-15(2)24(22(25)17-6-7-17)14-16-5-12-20(28-3)21(13-16)29-30(26,27)19-10-8-18(23)9-11-19/h5,8-13,15,17H,4,6-7,14H2,1-3H3. The summed E-state index contributed by atoms with van der Waals surface area (Å²) in [6.45, 7) is 4.37. The minimum absolute atomic E-state index is 0.0160. The maximum Gasteiger partial charge on any atom is 0.339 e. The third-order valence-corrected chi connectivity index (χ3v) is 6.46. The molecule has 2 aromatic carbocycles. The number of benzene rings is 2. The summed E-state index contributed by atoms with van der Waals surface area (Å²) in [6, 6.07) is 9.41.